The minimum Gasteiger partial charge on any atom is -0.496 e. The number of halogens is 1. The second-order valence-electron chi connectivity index (χ2n) is 6.25. The Morgan fingerprint density at radius 3 is 2.89 bits per heavy atom. The Labute approximate surface area is 166 Å². The molecule has 1 aromatic heterocycles. The van der Waals surface area contributed by atoms with Crippen LogP contribution in [0.5, 0.6) is 5.75 Å². The highest BCUT2D eigenvalue weighted by molar-refractivity contribution is 9.10. The molecule has 0 radical (unpaired) electrons. The summed E-state index contributed by atoms with van der Waals surface area (Å²) in [5.74, 6) is 0.815. The smallest absolute Gasteiger partial charge is 0.338 e. The van der Waals surface area contributed by atoms with E-state index in [1.165, 1.54) is 0 Å². The molecule has 0 saturated carbocycles. The number of unbranched alkanes of at least 4 members (excludes halogenated alkanes) is 2. The average Bonchev–Trinajstić information content (AvgIpc) is 3.11. The molecular formula is C18H22BrN5O3. The molecule has 1 aliphatic heterocycles. The number of hydrogen-bond acceptors (Lipinski definition) is 7. The first-order valence-electron chi connectivity index (χ1n) is 8.83. The lowest BCUT2D eigenvalue weighted by Crippen LogP contribution is -2.29. The largest absolute Gasteiger partial charge is 0.496 e. The van der Waals surface area contributed by atoms with Gasteiger partial charge in [-0.25, -0.2) is 4.79 Å². The minimum absolute atomic E-state index is 0.366. The number of allylic oxidation sites excluding steroid dienone is 1. The molecule has 1 aromatic carbocycles. The molecule has 9 heteroatoms. The third kappa shape index (κ3) is 3.97. The summed E-state index contributed by atoms with van der Waals surface area (Å²) in [7, 11) is 1.60. The molecule has 1 N–H and O–H groups in total. The van der Waals surface area contributed by atoms with Crippen molar-refractivity contribution in [3.05, 3.63) is 39.5 Å². The highest BCUT2D eigenvalue weighted by Crippen LogP contribution is 2.37. The van der Waals surface area contributed by atoms with E-state index in [-0.39, 0.29) is 5.97 Å². The quantitative estimate of drug-likeness (QED) is 0.525. The number of ether oxygens (including phenoxy) is 2. The molecule has 0 saturated heterocycles. The molecule has 1 unspecified atom stereocenters. The van der Waals surface area contributed by atoms with E-state index in [0.717, 1.165) is 29.3 Å². The van der Waals surface area contributed by atoms with Crippen LogP contribution in [0.2, 0.25) is 0 Å². The number of rotatable bonds is 7. The predicted molar refractivity (Wildman–Crippen MR) is 103 cm³/mol. The molecule has 27 heavy (non-hydrogen) atoms. The van der Waals surface area contributed by atoms with Gasteiger partial charge in [-0.3, -0.25) is 0 Å². The van der Waals surface area contributed by atoms with Crippen molar-refractivity contribution in [3.63, 3.8) is 0 Å². The van der Waals surface area contributed by atoms with Crippen LogP contribution in [0.4, 0.5) is 5.95 Å². The second kappa shape index (κ2) is 8.51. The number of aromatic nitrogens is 4. The Morgan fingerprint density at radius 2 is 2.19 bits per heavy atom. The number of fused-ring (bicyclic) bond motifs is 1. The summed E-state index contributed by atoms with van der Waals surface area (Å²) >= 11 is 3.50. The monoisotopic (exact) mass is 435 g/mol. The van der Waals surface area contributed by atoms with Crippen LogP contribution < -0.4 is 10.1 Å². The minimum atomic E-state index is -0.489. The average molecular weight is 436 g/mol. The second-order valence-corrected chi connectivity index (χ2v) is 7.10. The third-order valence-electron chi connectivity index (χ3n) is 4.41. The van der Waals surface area contributed by atoms with Gasteiger partial charge in [-0.1, -0.05) is 30.9 Å². The number of esters is 1. The molecule has 1 aliphatic rings. The summed E-state index contributed by atoms with van der Waals surface area (Å²) in [5, 5.41) is 14.9. The summed E-state index contributed by atoms with van der Waals surface area (Å²) in [6.45, 7) is 4.33. The zero-order chi connectivity index (χ0) is 19.4. The predicted octanol–water partition coefficient (Wildman–Crippen LogP) is 3.47. The SMILES string of the molecule is CCCCCOC(=O)C1=C(C)Nc2nnnn2C1c1ccc(OC)c(Br)c1. The Balaban J connectivity index is 1.97. The number of benzene rings is 1. The van der Waals surface area contributed by atoms with Gasteiger partial charge in [0.15, 0.2) is 0 Å². The topological polar surface area (TPSA) is 91.2 Å². The van der Waals surface area contributed by atoms with E-state index in [9.17, 15) is 4.79 Å². The highest BCUT2D eigenvalue weighted by atomic mass is 79.9. The third-order valence-corrected chi connectivity index (χ3v) is 5.03. The van der Waals surface area contributed by atoms with Crippen molar-refractivity contribution in [2.75, 3.05) is 19.0 Å². The van der Waals surface area contributed by atoms with E-state index >= 15 is 0 Å². The Hall–Kier alpha value is -2.42. The Morgan fingerprint density at radius 1 is 1.37 bits per heavy atom. The Kier molecular flexibility index (Phi) is 6.10. The maximum absolute atomic E-state index is 12.9. The number of tetrazole rings is 1. The van der Waals surface area contributed by atoms with Crippen molar-refractivity contribution in [3.8, 4) is 5.75 Å². The van der Waals surface area contributed by atoms with Crippen molar-refractivity contribution < 1.29 is 14.3 Å². The van der Waals surface area contributed by atoms with Crippen LogP contribution in [0.25, 0.3) is 0 Å². The van der Waals surface area contributed by atoms with E-state index < -0.39 is 6.04 Å². The molecular weight excluding hydrogens is 414 g/mol. The van der Waals surface area contributed by atoms with Crippen molar-refractivity contribution in [1.29, 1.82) is 0 Å². The number of carbonyl (C=O) groups is 1. The molecule has 0 spiro atoms. The van der Waals surface area contributed by atoms with Crippen molar-refractivity contribution in [2.45, 2.75) is 39.2 Å². The van der Waals surface area contributed by atoms with Gasteiger partial charge in [-0.2, -0.15) is 4.68 Å². The van der Waals surface area contributed by atoms with Crippen molar-refractivity contribution in [1.82, 2.24) is 20.2 Å². The van der Waals surface area contributed by atoms with Gasteiger partial charge in [0.05, 0.1) is 23.8 Å². The summed E-state index contributed by atoms with van der Waals surface area (Å²) < 4.78 is 13.2. The standard InChI is InChI=1S/C18H22BrN5O3/c1-4-5-6-9-27-17(25)15-11(2)20-18-21-22-23-24(18)16(15)12-7-8-14(26-3)13(19)10-12/h7-8,10,16H,4-6,9H2,1-3H3,(H,20,21,23). The fraction of sp³-hybridized carbons (Fsp3) is 0.444. The highest BCUT2D eigenvalue weighted by Gasteiger charge is 2.35. The van der Waals surface area contributed by atoms with Crippen LogP contribution in [0.15, 0.2) is 33.9 Å². The van der Waals surface area contributed by atoms with E-state index in [1.807, 2.05) is 25.1 Å². The summed E-state index contributed by atoms with van der Waals surface area (Å²) in [6.07, 6.45) is 2.93. The molecule has 1 atom stereocenters. The van der Waals surface area contributed by atoms with Gasteiger partial charge < -0.3 is 14.8 Å². The van der Waals surface area contributed by atoms with Crippen LogP contribution >= 0.6 is 15.9 Å². The summed E-state index contributed by atoms with van der Waals surface area (Å²) in [5.41, 5.74) is 2.01. The van der Waals surface area contributed by atoms with Crippen LogP contribution in [0.1, 0.15) is 44.7 Å². The zero-order valence-electron chi connectivity index (χ0n) is 15.5. The first-order valence-corrected chi connectivity index (χ1v) is 9.62. The zero-order valence-corrected chi connectivity index (χ0v) is 17.1. The van der Waals surface area contributed by atoms with Crippen molar-refractivity contribution in [2.24, 2.45) is 0 Å². The van der Waals surface area contributed by atoms with Crippen molar-refractivity contribution >= 4 is 27.8 Å². The first-order chi connectivity index (χ1) is 13.1. The molecule has 2 heterocycles. The van der Waals surface area contributed by atoms with E-state index in [4.69, 9.17) is 9.47 Å². The molecule has 0 bridgehead atoms. The number of methoxy groups -OCH3 is 1. The van der Waals surface area contributed by atoms with Crippen LogP contribution in [0.3, 0.4) is 0 Å². The number of hydrogen-bond donors (Lipinski definition) is 1. The van der Waals surface area contributed by atoms with Crippen LogP contribution in [0, 0.1) is 0 Å². The van der Waals surface area contributed by atoms with Gasteiger partial charge in [-0.05, 0) is 57.4 Å². The van der Waals surface area contributed by atoms with E-state index in [1.54, 1.807) is 11.8 Å². The molecule has 8 nitrogen and oxygen atoms in total. The number of nitrogens with one attached hydrogen (secondary N) is 1. The Bertz CT molecular complexity index is 864. The maximum atomic E-state index is 12.9. The first kappa shape index (κ1) is 19.3. The lowest BCUT2D eigenvalue weighted by atomic mass is 9.95. The fourth-order valence-electron chi connectivity index (χ4n) is 3.03. The lowest BCUT2D eigenvalue weighted by Gasteiger charge is -2.27. The number of carbonyl (C=O) groups excluding carboxylic acids is 1. The molecule has 0 aliphatic carbocycles. The van der Waals surface area contributed by atoms with Crippen LogP contribution in [-0.4, -0.2) is 39.9 Å². The molecule has 144 valence electrons. The van der Waals surface area contributed by atoms with E-state index in [2.05, 4.69) is 43.7 Å². The number of anilines is 1. The molecule has 2 aromatic rings. The summed E-state index contributed by atoms with van der Waals surface area (Å²) in [6, 6.07) is 5.14. The number of nitrogens with zero attached hydrogens (tertiary/aromatic N) is 4. The van der Waals surface area contributed by atoms with Gasteiger partial charge in [0.25, 0.3) is 0 Å². The van der Waals surface area contributed by atoms with Gasteiger partial charge in [0.1, 0.15) is 11.8 Å². The van der Waals surface area contributed by atoms with Gasteiger partial charge in [0, 0.05) is 5.70 Å². The molecule has 0 amide bonds. The molecule has 0 fully saturated rings. The van der Waals surface area contributed by atoms with Gasteiger partial charge >= 0.3 is 5.97 Å². The molecule has 3 rings (SSSR count). The summed E-state index contributed by atoms with van der Waals surface area (Å²) in [4.78, 5) is 12.9. The van der Waals surface area contributed by atoms with Gasteiger partial charge in [0.2, 0.25) is 5.95 Å². The van der Waals surface area contributed by atoms with E-state index in [0.29, 0.717) is 29.6 Å². The van der Waals surface area contributed by atoms with Crippen LogP contribution in [-0.2, 0) is 9.53 Å². The van der Waals surface area contributed by atoms with Gasteiger partial charge in [-0.15, -0.1) is 0 Å². The fourth-order valence-corrected chi connectivity index (χ4v) is 3.59. The normalized spacial score (nSPS) is 15.9. The maximum Gasteiger partial charge on any atom is 0.338 e. The lowest BCUT2D eigenvalue weighted by molar-refractivity contribution is -0.139.